The predicted octanol–water partition coefficient (Wildman–Crippen LogP) is 6.89. The Bertz CT molecular complexity index is 753. The summed E-state index contributed by atoms with van der Waals surface area (Å²) in [6, 6.07) is 24.0. The van der Waals surface area contributed by atoms with Crippen LogP contribution in [-0.2, 0) is 6.42 Å². The minimum absolute atomic E-state index is 0.200. The highest BCUT2D eigenvalue weighted by Crippen LogP contribution is 2.25. The number of unbranched alkanes of at least 4 members (excludes halogenated alkanes) is 2. The van der Waals surface area contributed by atoms with E-state index in [1.807, 2.05) is 12.1 Å². The summed E-state index contributed by atoms with van der Waals surface area (Å²) < 4.78 is 13.0. The van der Waals surface area contributed by atoms with Crippen LogP contribution in [0.1, 0.15) is 31.7 Å². The van der Waals surface area contributed by atoms with Gasteiger partial charge >= 0.3 is 0 Å². The molecule has 0 nitrogen and oxygen atoms in total. The van der Waals surface area contributed by atoms with Gasteiger partial charge in [0.15, 0.2) is 0 Å². The molecular formula is C23H23F. The first kappa shape index (κ1) is 16.4. The molecular weight excluding hydrogens is 295 g/mol. The molecule has 0 amide bonds. The summed E-state index contributed by atoms with van der Waals surface area (Å²) in [5.41, 5.74) is 6.00. The molecule has 0 aromatic heterocycles. The summed E-state index contributed by atoms with van der Waals surface area (Å²) in [4.78, 5) is 0. The molecule has 122 valence electrons. The zero-order chi connectivity index (χ0) is 16.8. The van der Waals surface area contributed by atoms with Crippen LogP contribution in [-0.4, -0.2) is 0 Å². The molecule has 0 aliphatic carbocycles. The van der Waals surface area contributed by atoms with Gasteiger partial charge in [0.1, 0.15) is 5.82 Å². The van der Waals surface area contributed by atoms with Crippen molar-refractivity contribution in [2.24, 2.45) is 0 Å². The Morgan fingerprint density at radius 2 is 1.00 bits per heavy atom. The fraction of sp³-hybridized carbons (Fsp3) is 0.217. The van der Waals surface area contributed by atoms with Crippen LogP contribution in [0.3, 0.4) is 0 Å². The standard InChI is InChI=1S/C23H23F/c1-2-3-4-5-18-6-8-19(9-7-18)20-10-12-21(13-11-20)22-14-16-23(24)17-15-22/h6-17H,2-5H2,1H3. The SMILES string of the molecule is CCCCCc1ccc(-c2ccc(-c3ccc(F)cc3)cc2)cc1. The second-order valence-electron chi connectivity index (χ2n) is 6.24. The van der Waals surface area contributed by atoms with E-state index in [0.717, 1.165) is 17.5 Å². The number of aryl methyl sites for hydroxylation is 1. The minimum atomic E-state index is -0.200. The predicted molar refractivity (Wildman–Crippen MR) is 101 cm³/mol. The van der Waals surface area contributed by atoms with Gasteiger partial charge in [0.2, 0.25) is 0 Å². The summed E-state index contributed by atoms with van der Waals surface area (Å²) >= 11 is 0. The smallest absolute Gasteiger partial charge is 0.123 e. The van der Waals surface area contributed by atoms with Crippen LogP contribution < -0.4 is 0 Å². The molecule has 0 bridgehead atoms. The van der Waals surface area contributed by atoms with E-state index >= 15 is 0 Å². The van der Waals surface area contributed by atoms with Crippen molar-refractivity contribution in [2.75, 3.05) is 0 Å². The van der Waals surface area contributed by atoms with Crippen molar-refractivity contribution in [2.45, 2.75) is 32.6 Å². The summed E-state index contributed by atoms with van der Waals surface area (Å²) in [5.74, 6) is -0.200. The molecule has 0 saturated heterocycles. The molecule has 0 radical (unpaired) electrons. The molecule has 0 N–H and O–H groups in total. The lowest BCUT2D eigenvalue weighted by Gasteiger charge is -2.07. The maximum atomic E-state index is 13.0. The first-order valence-electron chi connectivity index (χ1n) is 8.71. The molecule has 0 saturated carbocycles. The molecule has 3 rings (SSSR count). The molecule has 0 aliphatic rings. The number of halogens is 1. The van der Waals surface area contributed by atoms with Crippen LogP contribution in [0.5, 0.6) is 0 Å². The molecule has 0 unspecified atom stereocenters. The van der Waals surface area contributed by atoms with E-state index in [1.165, 1.54) is 48.1 Å². The van der Waals surface area contributed by atoms with Gasteiger partial charge in [0.05, 0.1) is 0 Å². The summed E-state index contributed by atoms with van der Waals surface area (Å²) in [7, 11) is 0. The van der Waals surface area contributed by atoms with Crippen molar-refractivity contribution < 1.29 is 4.39 Å². The van der Waals surface area contributed by atoms with E-state index in [1.54, 1.807) is 0 Å². The molecule has 0 heterocycles. The van der Waals surface area contributed by atoms with Crippen LogP contribution in [0, 0.1) is 5.82 Å². The zero-order valence-corrected chi connectivity index (χ0v) is 14.1. The number of benzene rings is 3. The third-order valence-electron chi connectivity index (χ3n) is 4.42. The van der Waals surface area contributed by atoms with Gasteiger partial charge in [-0.1, -0.05) is 80.4 Å². The molecule has 0 atom stereocenters. The first-order chi connectivity index (χ1) is 11.8. The summed E-state index contributed by atoms with van der Waals surface area (Å²) in [6.45, 7) is 2.23. The lowest BCUT2D eigenvalue weighted by Crippen LogP contribution is -1.86. The lowest BCUT2D eigenvalue weighted by atomic mass is 9.98. The van der Waals surface area contributed by atoms with Gasteiger partial charge in [0.25, 0.3) is 0 Å². The van der Waals surface area contributed by atoms with Crippen LogP contribution in [0.4, 0.5) is 4.39 Å². The van der Waals surface area contributed by atoms with Crippen molar-refractivity contribution >= 4 is 0 Å². The van der Waals surface area contributed by atoms with E-state index in [-0.39, 0.29) is 5.82 Å². The van der Waals surface area contributed by atoms with Crippen LogP contribution in [0.15, 0.2) is 72.8 Å². The van der Waals surface area contributed by atoms with E-state index in [4.69, 9.17) is 0 Å². The van der Waals surface area contributed by atoms with Crippen LogP contribution in [0.25, 0.3) is 22.3 Å². The van der Waals surface area contributed by atoms with Crippen molar-refractivity contribution in [3.05, 3.63) is 84.2 Å². The monoisotopic (exact) mass is 318 g/mol. The van der Waals surface area contributed by atoms with Gasteiger partial charge < -0.3 is 0 Å². The normalized spacial score (nSPS) is 10.8. The number of hydrogen-bond donors (Lipinski definition) is 0. The number of rotatable bonds is 6. The molecule has 0 aliphatic heterocycles. The van der Waals surface area contributed by atoms with Crippen molar-refractivity contribution in [1.29, 1.82) is 0 Å². The third-order valence-corrected chi connectivity index (χ3v) is 4.42. The maximum absolute atomic E-state index is 13.0. The van der Waals surface area contributed by atoms with E-state index in [0.29, 0.717) is 0 Å². The third kappa shape index (κ3) is 4.11. The van der Waals surface area contributed by atoms with E-state index < -0.39 is 0 Å². The summed E-state index contributed by atoms with van der Waals surface area (Å²) in [6.07, 6.45) is 4.99. The average Bonchev–Trinajstić information content (AvgIpc) is 2.63. The van der Waals surface area contributed by atoms with Gasteiger partial charge in [-0.15, -0.1) is 0 Å². The van der Waals surface area contributed by atoms with Gasteiger partial charge in [-0.2, -0.15) is 0 Å². The largest absolute Gasteiger partial charge is 0.207 e. The minimum Gasteiger partial charge on any atom is -0.207 e. The van der Waals surface area contributed by atoms with Gasteiger partial charge in [0, 0.05) is 0 Å². The Kier molecular flexibility index (Phi) is 5.43. The molecule has 24 heavy (non-hydrogen) atoms. The van der Waals surface area contributed by atoms with Crippen molar-refractivity contribution in [3.8, 4) is 22.3 Å². The second-order valence-corrected chi connectivity index (χ2v) is 6.24. The fourth-order valence-corrected chi connectivity index (χ4v) is 2.94. The lowest BCUT2D eigenvalue weighted by molar-refractivity contribution is 0.628. The Morgan fingerprint density at radius 1 is 0.583 bits per heavy atom. The molecule has 0 spiro atoms. The average molecular weight is 318 g/mol. The number of hydrogen-bond acceptors (Lipinski definition) is 0. The topological polar surface area (TPSA) is 0 Å². The van der Waals surface area contributed by atoms with Crippen LogP contribution in [0.2, 0.25) is 0 Å². The van der Waals surface area contributed by atoms with E-state index in [9.17, 15) is 4.39 Å². The molecule has 1 heteroatoms. The Balaban J connectivity index is 1.72. The highest BCUT2D eigenvalue weighted by molar-refractivity contribution is 5.70. The Labute approximate surface area is 144 Å². The molecule has 0 fully saturated rings. The van der Waals surface area contributed by atoms with E-state index in [2.05, 4.69) is 55.5 Å². The summed E-state index contributed by atoms with van der Waals surface area (Å²) in [5, 5.41) is 0. The fourth-order valence-electron chi connectivity index (χ4n) is 2.94. The molecule has 3 aromatic rings. The highest BCUT2D eigenvalue weighted by atomic mass is 19.1. The zero-order valence-electron chi connectivity index (χ0n) is 14.1. The quantitative estimate of drug-likeness (QED) is 0.434. The van der Waals surface area contributed by atoms with Gasteiger partial charge in [-0.3, -0.25) is 0 Å². The van der Waals surface area contributed by atoms with Crippen molar-refractivity contribution in [1.82, 2.24) is 0 Å². The second kappa shape index (κ2) is 7.92. The Hall–Kier alpha value is -2.41. The maximum Gasteiger partial charge on any atom is 0.123 e. The van der Waals surface area contributed by atoms with Gasteiger partial charge in [-0.05, 0) is 52.8 Å². The Morgan fingerprint density at radius 3 is 1.46 bits per heavy atom. The van der Waals surface area contributed by atoms with Crippen molar-refractivity contribution in [3.63, 3.8) is 0 Å². The van der Waals surface area contributed by atoms with Gasteiger partial charge in [-0.25, -0.2) is 4.39 Å². The van der Waals surface area contributed by atoms with Crippen LogP contribution >= 0.6 is 0 Å². The molecule has 3 aromatic carbocycles. The first-order valence-corrected chi connectivity index (χ1v) is 8.71. The highest BCUT2D eigenvalue weighted by Gasteiger charge is 2.01.